The Balaban J connectivity index is 2.05. The minimum atomic E-state index is -3.55. The molecule has 2 rings (SSSR count). The van der Waals surface area contributed by atoms with E-state index in [0.717, 1.165) is 6.26 Å². The first kappa shape index (κ1) is 21.7. The normalized spacial score (nSPS) is 12.3. The van der Waals surface area contributed by atoms with E-state index in [1.807, 2.05) is 0 Å². The topological polar surface area (TPSA) is 121 Å². The Morgan fingerprint density at radius 2 is 1.18 bits per heavy atom. The van der Waals surface area contributed by atoms with Gasteiger partial charge in [0.1, 0.15) is 0 Å². The summed E-state index contributed by atoms with van der Waals surface area (Å²) in [7, 11) is -6.92. The van der Waals surface area contributed by atoms with Gasteiger partial charge in [-0.05, 0) is 69.3 Å². The van der Waals surface area contributed by atoms with E-state index in [9.17, 15) is 21.6 Å². The second kappa shape index (κ2) is 7.80. The summed E-state index contributed by atoms with van der Waals surface area (Å²) in [6.07, 6.45) is 1.05. The van der Waals surface area contributed by atoms with E-state index in [0.29, 0.717) is 22.6 Å². The molecule has 0 heterocycles. The van der Waals surface area contributed by atoms with Crippen molar-refractivity contribution in [1.29, 1.82) is 0 Å². The summed E-state index contributed by atoms with van der Waals surface area (Å²) in [6, 6.07) is 12.2. The Bertz CT molecular complexity index is 1050. The molecule has 0 unspecified atom stereocenters. The highest BCUT2D eigenvalue weighted by molar-refractivity contribution is 7.94. The van der Waals surface area contributed by atoms with Gasteiger partial charge in [-0.15, -0.1) is 0 Å². The van der Waals surface area contributed by atoms with Crippen LogP contribution in [0.15, 0.2) is 48.5 Å². The number of carbonyl (C=O) groups excluding carboxylic acids is 1. The Morgan fingerprint density at radius 3 is 1.64 bits per heavy atom. The molecule has 28 heavy (non-hydrogen) atoms. The molecule has 2 aromatic carbocycles. The van der Waals surface area contributed by atoms with Crippen molar-refractivity contribution in [3.63, 3.8) is 0 Å². The fourth-order valence-electron chi connectivity index (χ4n) is 2.04. The first-order chi connectivity index (χ1) is 12.8. The molecule has 0 saturated heterocycles. The van der Waals surface area contributed by atoms with Gasteiger partial charge in [-0.3, -0.25) is 14.2 Å². The number of rotatable bonds is 6. The third kappa shape index (κ3) is 5.96. The zero-order chi connectivity index (χ0) is 21.2. The summed E-state index contributed by atoms with van der Waals surface area (Å²) >= 11 is 0. The van der Waals surface area contributed by atoms with E-state index in [-0.39, 0.29) is 5.91 Å². The molecule has 10 heteroatoms. The van der Waals surface area contributed by atoms with Crippen molar-refractivity contribution in [2.75, 3.05) is 21.0 Å². The Morgan fingerprint density at radius 1 is 0.750 bits per heavy atom. The van der Waals surface area contributed by atoms with Crippen molar-refractivity contribution in [3.8, 4) is 0 Å². The predicted molar refractivity (Wildman–Crippen MR) is 112 cm³/mol. The average Bonchev–Trinajstić information content (AvgIpc) is 2.54. The van der Waals surface area contributed by atoms with Crippen LogP contribution in [-0.4, -0.2) is 33.7 Å². The van der Waals surface area contributed by atoms with Crippen molar-refractivity contribution >= 4 is 43.0 Å². The van der Waals surface area contributed by atoms with Gasteiger partial charge >= 0.3 is 0 Å². The number of benzene rings is 2. The third-order valence-electron chi connectivity index (χ3n) is 3.65. The zero-order valence-corrected chi connectivity index (χ0v) is 17.6. The lowest BCUT2D eigenvalue weighted by Crippen LogP contribution is -2.33. The van der Waals surface area contributed by atoms with Crippen LogP contribution in [0.1, 0.15) is 31.1 Å². The third-order valence-corrected chi connectivity index (χ3v) is 6.37. The molecule has 0 radical (unpaired) electrons. The Hall–Kier alpha value is -2.59. The SMILES string of the molecule is CC(C)(C)S(=O)(=O)Nc1ccc(C(=O)Nc2ccc(NS(C)(=O)=O)cc2)cc1. The smallest absolute Gasteiger partial charge is 0.255 e. The van der Waals surface area contributed by atoms with Crippen LogP contribution in [-0.2, 0) is 20.0 Å². The van der Waals surface area contributed by atoms with Gasteiger partial charge in [0.05, 0.1) is 11.0 Å². The van der Waals surface area contributed by atoms with Crippen LogP contribution in [0.2, 0.25) is 0 Å². The minimum Gasteiger partial charge on any atom is -0.322 e. The van der Waals surface area contributed by atoms with Gasteiger partial charge in [-0.2, -0.15) is 0 Å². The van der Waals surface area contributed by atoms with Crippen LogP contribution in [0.4, 0.5) is 17.1 Å². The van der Waals surface area contributed by atoms with E-state index in [2.05, 4.69) is 14.8 Å². The second-order valence-corrected chi connectivity index (χ2v) is 11.4. The maximum Gasteiger partial charge on any atom is 0.255 e. The Labute approximate surface area is 165 Å². The van der Waals surface area contributed by atoms with Crippen molar-refractivity contribution in [1.82, 2.24) is 0 Å². The molecule has 0 aliphatic carbocycles. The minimum absolute atomic E-state index is 0.344. The largest absolute Gasteiger partial charge is 0.322 e. The number of nitrogens with one attached hydrogen (secondary N) is 3. The number of anilines is 3. The summed E-state index contributed by atoms with van der Waals surface area (Å²) in [5.41, 5.74) is 1.58. The van der Waals surface area contributed by atoms with Crippen LogP contribution in [0.3, 0.4) is 0 Å². The first-order valence-electron chi connectivity index (χ1n) is 8.28. The molecule has 0 aliphatic heterocycles. The van der Waals surface area contributed by atoms with Gasteiger partial charge in [0.15, 0.2) is 0 Å². The van der Waals surface area contributed by atoms with E-state index in [1.165, 1.54) is 36.4 Å². The van der Waals surface area contributed by atoms with Gasteiger partial charge in [-0.1, -0.05) is 0 Å². The molecule has 0 saturated carbocycles. The molecule has 0 spiro atoms. The van der Waals surface area contributed by atoms with Crippen LogP contribution in [0, 0.1) is 0 Å². The predicted octanol–water partition coefficient (Wildman–Crippen LogP) is 2.85. The molecule has 3 N–H and O–H groups in total. The molecule has 8 nitrogen and oxygen atoms in total. The number of carbonyl (C=O) groups is 1. The van der Waals surface area contributed by atoms with Gasteiger partial charge < -0.3 is 5.32 Å². The lowest BCUT2D eigenvalue weighted by Gasteiger charge is -2.20. The number of sulfonamides is 2. The standard InChI is InChI=1S/C18H23N3O5S2/c1-18(2,3)28(25,26)21-16-7-5-13(6-8-16)17(22)19-14-9-11-15(12-10-14)20-27(4,23)24/h5-12,20-21H,1-4H3,(H,19,22). The van der Waals surface area contributed by atoms with Gasteiger partial charge in [0.2, 0.25) is 20.0 Å². The van der Waals surface area contributed by atoms with Crippen LogP contribution in [0.25, 0.3) is 0 Å². The molecular weight excluding hydrogens is 402 g/mol. The van der Waals surface area contributed by atoms with Crippen molar-refractivity contribution < 1.29 is 21.6 Å². The number of amides is 1. The fraction of sp³-hybridized carbons (Fsp3) is 0.278. The summed E-state index contributed by atoms with van der Waals surface area (Å²) in [6.45, 7) is 4.77. The molecule has 152 valence electrons. The Kier molecular flexibility index (Phi) is 6.05. The summed E-state index contributed by atoms with van der Waals surface area (Å²) < 4.78 is 50.6. The molecule has 0 bridgehead atoms. The molecule has 0 aliphatic rings. The van der Waals surface area contributed by atoms with Gasteiger partial charge in [0.25, 0.3) is 5.91 Å². The lowest BCUT2D eigenvalue weighted by atomic mass is 10.2. The highest BCUT2D eigenvalue weighted by Gasteiger charge is 2.28. The van der Waals surface area contributed by atoms with Crippen LogP contribution >= 0.6 is 0 Å². The van der Waals surface area contributed by atoms with E-state index >= 15 is 0 Å². The molecule has 0 aromatic heterocycles. The van der Waals surface area contributed by atoms with Crippen molar-refractivity contribution in [2.45, 2.75) is 25.5 Å². The molecule has 1 amide bonds. The highest BCUT2D eigenvalue weighted by atomic mass is 32.2. The zero-order valence-electron chi connectivity index (χ0n) is 16.0. The molecule has 2 aromatic rings. The summed E-state index contributed by atoms with van der Waals surface area (Å²) in [4.78, 5) is 12.3. The fourth-order valence-corrected chi connectivity index (χ4v) is 3.35. The lowest BCUT2D eigenvalue weighted by molar-refractivity contribution is 0.102. The van der Waals surface area contributed by atoms with Crippen molar-refractivity contribution in [2.24, 2.45) is 0 Å². The van der Waals surface area contributed by atoms with Gasteiger partial charge in [0, 0.05) is 22.6 Å². The van der Waals surface area contributed by atoms with Gasteiger partial charge in [-0.25, -0.2) is 16.8 Å². The van der Waals surface area contributed by atoms with E-state index in [4.69, 9.17) is 0 Å². The van der Waals surface area contributed by atoms with Crippen LogP contribution in [0.5, 0.6) is 0 Å². The number of hydrogen-bond acceptors (Lipinski definition) is 5. The maximum atomic E-state index is 12.3. The first-order valence-corrected chi connectivity index (χ1v) is 11.7. The quantitative estimate of drug-likeness (QED) is 0.657. The monoisotopic (exact) mass is 425 g/mol. The highest BCUT2D eigenvalue weighted by Crippen LogP contribution is 2.20. The second-order valence-electron chi connectivity index (χ2n) is 7.20. The van der Waals surface area contributed by atoms with E-state index in [1.54, 1.807) is 32.9 Å². The maximum absolute atomic E-state index is 12.3. The molecule has 0 atom stereocenters. The van der Waals surface area contributed by atoms with E-state index < -0.39 is 24.8 Å². The summed E-state index contributed by atoms with van der Waals surface area (Å²) in [5.74, 6) is -0.381. The molecular formula is C18H23N3O5S2. The molecule has 0 fully saturated rings. The van der Waals surface area contributed by atoms with Crippen molar-refractivity contribution in [3.05, 3.63) is 54.1 Å². The summed E-state index contributed by atoms with van der Waals surface area (Å²) in [5, 5.41) is 2.69. The average molecular weight is 426 g/mol. The van der Waals surface area contributed by atoms with Crippen LogP contribution < -0.4 is 14.8 Å². The number of hydrogen-bond donors (Lipinski definition) is 3.